The number of nitrogens with zero attached hydrogens (tertiary/aromatic N) is 2. The summed E-state index contributed by atoms with van der Waals surface area (Å²) in [7, 11) is 0. The molecule has 2 aromatic rings. The molecule has 0 aliphatic heterocycles. The number of carbonyl (C=O) groups is 1. The summed E-state index contributed by atoms with van der Waals surface area (Å²) in [5.41, 5.74) is 1.16. The van der Waals surface area contributed by atoms with Gasteiger partial charge in [-0.25, -0.2) is 4.39 Å². The Morgan fingerprint density at radius 2 is 2.28 bits per heavy atom. The standard InChI is InChI=1S/C12H10ClFN2OS/c1-2-9-12(18-16-15-9)10(17)6-7-4-3-5-8(14)11(7)13/h3-5H,2,6H2,1H3. The van der Waals surface area contributed by atoms with Gasteiger partial charge >= 0.3 is 0 Å². The maximum atomic E-state index is 13.3. The molecule has 0 unspecified atom stereocenters. The van der Waals surface area contributed by atoms with Crippen LogP contribution in [0.5, 0.6) is 0 Å². The van der Waals surface area contributed by atoms with Crippen molar-refractivity contribution in [2.45, 2.75) is 19.8 Å². The van der Waals surface area contributed by atoms with Gasteiger partial charge in [-0.15, -0.1) is 5.10 Å². The molecule has 0 bridgehead atoms. The molecule has 0 aliphatic carbocycles. The Morgan fingerprint density at radius 3 is 3.00 bits per heavy atom. The van der Waals surface area contributed by atoms with E-state index in [1.807, 2.05) is 6.92 Å². The van der Waals surface area contributed by atoms with E-state index in [-0.39, 0.29) is 17.2 Å². The minimum absolute atomic E-state index is 0.00127. The highest BCUT2D eigenvalue weighted by Gasteiger charge is 2.17. The lowest BCUT2D eigenvalue weighted by Crippen LogP contribution is -2.05. The minimum Gasteiger partial charge on any atom is -0.293 e. The molecule has 1 aromatic carbocycles. The van der Waals surface area contributed by atoms with Crippen LogP contribution in [0, 0.1) is 5.82 Å². The maximum absolute atomic E-state index is 13.3. The smallest absolute Gasteiger partial charge is 0.180 e. The fourth-order valence-corrected chi connectivity index (χ4v) is 2.47. The number of benzene rings is 1. The number of carbonyl (C=O) groups excluding carboxylic acids is 1. The van der Waals surface area contributed by atoms with E-state index in [1.165, 1.54) is 12.1 Å². The molecule has 0 radical (unpaired) electrons. The Morgan fingerprint density at radius 1 is 1.50 bits per heavy atom. The average molecular weight is 285 g/mol. The van der Waals surface area contributed by atoms with Crippen LogP contribution >= 0.6 is 23.1 Å². The van der Waals surface area contributed by atoms with Gasteiger partial charge in [0.25, 0.3) is 0 Å². The third-order valence-corrected chi connectivity index (χ3v) is 3.76. The van der Waals surface area contributed by atoms with Crippen molar-refractivity contribution in [2.24, 2.45) is 0 Å². The zero-order valence-electron chi connectivity index (χ0n) is 9.61. The largest absolute Gasteiger partial charge is 0.293 e. The van der Waals surface area contributed by atoms with E-state index in [2.05, 4.69) is 9.59 Å². The van der Waals surface area contributed by atoms with Crippen molar-refractivity contribution < 1.29 is 9.18 Å². The van der Waals surface area contributed by atoms with Crippen LogP contribution in [-0.2, 0) is 12.8 Å². The highest BCUT2D eigenvalue weighted by Crippen LogP contribution is 2.22. The van der Waals surface area contributed by atoms with Crippen LogP contribution in [0.3, 0.4) is 0 Å². The van der Waals surface area contributed by atoms with Gasteiger partial charge < -0.3 is 0 Å². The third-order valence-electron chi connectivity index (χ3n) is 2.53. The Kier molecular flexibility index (Phi) is 4.04. The van der Waals surface area contributed by atoms with Crippen molar-refractivity contribution >= 4 is 28.9 Å². The summed E-state index contributed by atoms with van der Waals surface area (Å²) in [4.78, 5) is 12.6. The first kappa shape index (κ1) is 13.1. The second-order valence-corrected chi connectivity index (χ2v) is 4.85. The average Bonchev–Trinajstić information content (AvgIpc) is 2.83. The topological polar surface area (TPSA) is 42.9 Å². The molecule has 0 aliphatic rings. The van der Waals surface area contributed by atoms with Crippen molar-refractivity contribution in [1.29, 1.82) is 0 Å². The summed E-state index contributed by atoms with van der Waals surface area (Å²) >= 11 is 6.88. The van der Waals surface area contributed by atoms with Crippen molar-refractivity contribution in [2.75, 3.05) is 0 Å². The van der Waals surface area contributed by atoms with Crippen LogP contribution in [0.1, 0.15) is 27.9 Å². The summed E-state index contributed by atoms with van der Waals surface area (Å²) in [6.07, 6.45) is 0.710. The van der Waals surface area contributed by atoms with Crippen molar-refractivity contribution in [3.63, 3.8) is 0 Å². The summed E-state index contributed by atoms with van der Waals surface area (Å²) in [6.45, 7) is 1.91. The summed E-state index contributed by atoms with van der Waals surface area (Å²) in [6, 6.07) is 4.45. The highest BCUT2D eigenvalue weighted by molar-refractivity contribution is 7.08. The first-order valence-electron chi connectivity index (χ1n) is 5.40. The SMILES string of the molecule is CCc1nnsc1C(=O)Cc1cccc(F)c1Cl. The molecule has 0 N–H and O–H groups in total. The molecule has 0 saturated carbocycles. The van der Waals surface area contributed by atoms with Gasteiger partial charge in [-0.05, 0) is 29.6 Å². The van der Waals surface area contributed by atoms with Crippen LogP contribution in [0.15, 0.2) is 18.2 Å². The number of halogens is 2. The molecular formula is C12H10ClFN2OS. The van der Waals surface area contributed by atoms with Crippen LogP contribution < -0.4 is 0 Å². The second-order valence-electron chi connectivity index (χ2n) is 3.72. The van der Waals surface area contributed by atoms with Crippen LogP contribution in [0.4, 0.5) is 4.39 Å². The molecule has 94 valence electrons. The number of hydrogen-bond donors (Lipinski definition) is 0. The zero-order chi connectivity index (χ0) is 13.1. The molecule has 3 nitrogen and oxygen atoms in total. The van der Waals surface area contributed by atoms with Gasteiger partial charge in [-0.3, -0.25) is 4.79 Å². The predicted molar refractivity (Wildman–Crippen MR) is 68.7 cm³/mol. The van der Waals surface area contributed by atoms with E-state index in [0.29, 0.717) is 22.6 Å². The Labute approximate surface area is 113 Å². The predicted octanol–water partition coefficient (Wildman–Crippen LogP) is 3.32. The summed E-state index contributed by atoms with van der Waals surface area (Å²) < 4.78 is 17.0. The van der Waals surface area contributed by atoms with E-state index in [1.54, 1.807) is 6.07 Å². The number of aromatic nitrogens is 2. The van der Waals surface area contributed by atoms with E-state index in [4.69, 9.17) is 11.6 Å². The molecule has 2 rings (SSSR count). The van der Waals surface area contributed by atoms with Gasteiger partial charge in [0.1, 0.15) is 10.7 Å². The molecule has 0 saturated heterocycles. The molecular weight excluding hydrogens is 275 g/mol. The first-order chi connectivity index (χ1) is 8.63. The lowest BCUT2D eigenvalue weighted by Gasteiger charge is -2.03. The zero-order valence-corrected chi connectivity index (χ0v) is 11.2. The van der Waals surface area contributed by atoms with E-state index in [9.17, 15) is 9.18 Å². The summed E-state index contributed by atoms with van der Waals surface area (Å²) in [5, 5.41) is 3.88. The Bertz CT molecular complexity index is 585. The molecule has 6 heteroatoms. The second kappa shape index (κ2) is 5.54. The van der Waals surface area contributed by atoms with E-state index in [0.717, 1.165) is 11.5 Å². The van der Waals surface area contributed by atoms with E-state index < -0.39 is 5.82 Å². The number of aryl methyl sites for hydroxylation is 1. The molecule has 1 heterocycles. The van der Waals surface area contributed by atoms with Crippen molar-refractivity contribution in [3.8, 4) is 0 Å². The molecule has 0 fully saturated rings. The lowest BCUT2D eigenvalue weighted by molar-refractivity contribution is 0.0996. The highest BCUT2D eigenvalue weighted by atomic mass is 35.5. The van der Waals surface area contributed by atoms with Gasteiger partial charge in [0.05, 0.1) is 10.7 Å². The Balaban J connectivity index is 2.24. The number of hydrogen-bond acceptors (Lipinski definition) is 4. The number of Topliss-reactive ketones (excluding diaryl/α,β-unsaturated/α-hetero) is 1. The monoisotopic (exact) mass is 284 g/mol. The first-order valence-corrected chi connectivity index (χ1v) is 6.56. The fraction of sp³-hybridized carbons (Fsp3) is 0.250. The molecule has 18 heavy (non-hydrogen) atoms. The molecule has 1 aromatic heterocycles. The molecule has 0 spiro atoms. The van der Waals surface area contributed by atoms with Crippen molar-refractivity contribution in [3.05, 3.63) is 45.2 Å². The van der Waals surface area contributed by atoms with Crippen LogP contribution in [-0.4, -0.2) is 15.4 Å². The van der Waals surface area contributed by atoms with Gasteiger partial charge in [0.2, 0.25) is 0 Å². The van der Waals surface area contributed by atoms with Crippen LogP contribution in [0.25, 0.3) is 0 Å². The fourth-order valence-electron chi connectivity index (χ4n) is 1.59. The summed E-state index contributed by atoms with van der Waals surface area (Å²) in [5.74, 6) is -0.644. The normalized spacial score (nSPS) is 10.6. The van der Waals surface area contributed by atoms with Gasteiger partial charge in [-0.1, -0.05) is 35.1 Å². The number of ketones is 1. The quantitative estimate of drug-likeness (QED) is 0.809. The number of rotatable bonds is 4. The van der Waals surface area contributed by atoms with Gasteiger partial charge in [0, 0.05) is 6.42 Å². The maximum Gasteiger partial charge on any atom is 0.180 e. The van der Waals surface area contributed by atoms with Gasteiger partial charge in [-0.2, -0.15) is 0 Å². The minimum atomic E-state index is -0.514. The van der Waals surface area contributed by atoms with Crippen molar-refractivity contribution in [1.82, 2.24) is 9.59 Å². The molecule has 0 amide bonds. The Hall–Kier alpha value is -1.33. The van der Waals surface area contributed by atoms with Gasteiger partial charge in [0.15, 0.2) is 5.78 Å². The lowest BCUT2D eigenvalue weighted by atomic mass is 10.1. The van der Waals surface area contributed by atoms with E-state index >= 15 is 0 Å². The van der Waals surface area contributed by atoms with Crippen LogP contribution in [0.2, 0.25) is 5.02 Å². The third kappa shape index (κ3) is 2.57. The molecule has 0 atom stereocenters.